The molecule has 1 atom stereocenters. The normalized spacial score (nSPS) is 28.3. The molecule has 1 unspecified atom stereocenters. The number of hydrogen-bond donors (Lipinski definition) is 0. The second kappa shape index (κ2) is 4.60. The maximum Gasteiger partial charge on any atom is 0.248 e. The van der Waals surface area contributed by atoms with Gasteiger partial charge in [0.25, 0.3) is 0 Å². The van der Waals surface area contributed by atoms with Crippen molar-refractivity contribution in [3.63, 3.8) is 0 Å². The second-order valence-electron chi connectivity index (χ2n) is 5.69. The highest BCUT2D eigenvalue weighted by atomic mass is 19.1. The fraction of sp³-hybridized carbons (Fsp3) is 0.533. The molecule has 2 aliphatic rings. The Kier molecular flexibility index (Phi) is 3.05. The Balaban J connectivity index is 1.97. The van der Waals surface area contributed by atoms with Crippen LogP contribution in [0.5, 0.6) is 0 Å². The van der Waals surface area contributed by atoms with Crippen LogP contribution in [0.4, 0.5) is 4.39 Å². The number of nitrogens with zero attached hydrogens (tertiary/aromatic N) is 2. The molecule has 1 aromatic rings. The van der Waals surface area contributed by atoms with E-state index >= 15 is 0 Å². The molecule has 0 saturated carbocycles. The first-order valence-corrected chi connectivity index (χ1v) is 6.95. The molecular formula is C15H19FN2O. The molecule has 3 rings (SSSR count). The van der Waals surface area contributed by atoms with Crippen molar-refractivity contribution in [2.24, 2.45) is 0 Å². The largest absolute Gasteiger partial charge is 0.275 e. The predicted octanol–water partition coefficient (Wildman–Crippen LogP) is 2.33. The van der Waals surface area contributed by atoms with Crippen molar-refractivity contribution in [1.82, 2.24) is 10.0 Å². The average Bonchev–Trinajstić information content (AvgIpc) is 2.58. The van der Waals surface area contributed by atoms with Crippen LogP contribution in [0.25, 0.3) is 0 Å². The summed E-state index contributed by atoms with van der Waals surface area (Å²) in [6.45, 7) is 4.12. The van der Waals surface area contributed by atoms with Crippen LogP contribution in [0.15, 0.2) is 24.3 Å². The van der Waals surface area contributed by atoms with Crippen LogP contribution in [0, 0.1) is 5.82 Å². The number of carbonyl (C=O) groups is 1. The molecule has 2 aliphatic heterocycles. The molecule has 0 bridgehead atoms. The Morgan fingerprint density at radius 3 is 2.68 bits per heavy atom. The van der Waals surface area contributed by atoms with Gasteiger partial charge in [0.15, 0.2) is 0 Å². The predicted molar refractivity (Wildman–Crippen MR) is 70.9 cm³/mol. The van der Waals surface area contributed by atoms with Crippen molar-refractivity contribution in [2.45, 2.75) is 31.6 Å². The zero-order chi connectivity index (χ0) is 13.5. The number of halogens is 1. The van der Waals surface area contributed by atoms with Crippen LogP contribution in [0.1, 0.15) is 31.7 Å². The van der Waals surface area contributed by atoms with E-state index in [1.807, 2.05) is 11.9 Å². The smallest absolute Gasteiger partial charge is 0.248 e. The van der Waals surface area contributed by atoms with Gasteiger partial charge in [0, 0.05) is 25.2 Å². The monoisotopic (exact) mass is 262 g/mol. The molecule has 1 aromatic carbocycles. The summed E-state index contributed by atoms with van der Waals surface area (Å²) in [7, 11) is 0. The maximum absolute atomic E-state index is 14.0. The van der Waals surface area contributed by atoms with Gasteiger partial charge in [-0.25, -0.2) is 9.40 Å². The number of benzene rings is 1. The lowest BCUT2D eigenvalue weighted by Gasteiger charge is -2.24. The van der Waals surface area contributed by atoms with Crippen LogP contribution in [0.3, 0.4) is 0 Å². The molecule has 2 fully saturated rings. The fourth-order valence-corrected chi connectivity index (χ4v) is 3.22. The zero-order valence-electron chi connectivity index (χ0n) is 11.2. The van der Waals surface area contributed by atoms with Gasteiger partial charge in [0.1, 0.15) is 5.82 Å². The van der Waals surface area contributed by atoms with Crippen LogP contribution < -0.4 is 0 Å². The number of fused-ring (bicyclic) bond motifs is 1. The summed E-state index contributed by atoms with van der Waals surface area (Å²) in [6, 6.07) is 6.64. The highest BCUT2D eigenvalue weighted by Crippen LogP contribution is 2.36. The number of amides is 1. The van der Waals surface area contributed by atoms with Crippen molar-refractivity contribution in [1.29, 1.82) is 0 Å². The minimum atomic E-state index is -0.747. The van der Waals surface area contributed by atoms with Gasteiger partial charge in [-0.05, 0) is 25.8 Å². The number of rotatable bonds is 1. The molecule has 102 valence electrons. The van der Waals surface area contributed by atoms with Gasteiger partial charge >= 0.3 is 0 Å². The minimum Gasteiger partial charge on any atom is -0.275 e. The lowest BCUT2D eigenvalue weighted by atomic mass is 9.82. The van der Waals surface area contributed by atoms with Crippen molar-refractivity contribution in [3.05, 3.63) is 35.6 Å². The van der Waals surface area contributed by atoms with Gasteiger partial charge in [-0.15, -0.1) is 0 Å². The Morgan fingerprint density at radius 1 is 1.16 bits per heavy atom. The van der Waals surface area contributed by atoms with Gasteiger partial charge in [-0.3, -0.25) is 9.80 Å². The summed E-state index contributed by atoms with van der Waals surface area (Å²) < 4.78 is 14.0. The first-order valence-electron chi connectivity index (χ1n) is 6.95. The molecule has 0 spiro atoms. The van der Waals surface area contributed by atoms with Crippen LogP contribution in [-0.2, 0) is 10.2 Å². The van der Waals surface area contributed by atoms with Gasteiger partial charge in [0.2, 0.25) is 5.91 Å². The third-order valence-corrected chi connectivity index (χ3v) is 4.30. The Hall–Kier alpha value is -1.42. The van der Waals surface area contributed by atoms with E-state index in [1.165, 1.54) is 6.07 Å². The summed E-state index contributed by atoms with van der Waals surface area (Å²) in [4.78, 5) is 12.7. The molecule has 0 N–H and O–H groups in total. The fourth-order valence-electron chi connectivity index (χ4n) is 3.22. The molecular weight excluding hydrogens is 243 g/mol. The summed E-state index contributed by atoms with van der Waals surface area (Å²) in [6.07, 6.45) is 3.31. The lowest BCUT2D eigenvalue weighted by molar-refractivity contribution is -0.140. The Labute approximate surface area is 113 Å². The topological polar surface area (TPSA) is 23.6 Å². The first-order chi connectivity index (χ1) is 9.13. The van der Waals surface area contributed by atoms with Crippen LogP contribution in [-0.4, -0.2) is 35.6 Å². The van der Waals surface area contributed by atoms with Gasteiger partial charge in [0.05, 0.1) is 5.41 Å². The second-order valence-corrected chi connectivity index (χ2v) is 5.69. The van der Waals surface area contributed by atoms with E-state index in [-0.39, 0.29) is 11.7 Å². The van der Waals surface area contributed by atoms with E-state index in [4.69, 9.17) is 0 Å². The highest BCUT2D eigenvalue weighted by molar-refractivity contribution is 5.89. The summed E-state index contributed by atoms with van der Waals surface area (Å²) in [5.74, 6) is -0.239. The minimum absolute atomic E-state index is 0.0412. The zero-order valence-corrected chi connectivity index (χ0v) is 11.2. The van der Waals surface area contributed by atoms with Gasteiger partial charge in [-0.2, -0.15) is 0 Å². The molecule has 3 nitrogen and oxygen atoms in total. The Morgan fingerprint density at radius 2 is 1.89 bits per heavy atom. The number of hydrazine groups is 1. The highest BCUT2D eigenvalue weighted by Gasteiger charge is 2.49. The number of carbonyl (C=O) groups excluding carboxylic acids is 1. The molecule has 19 heavy (non-hydrogen) atoms. The van der Waals surface area contributed by atoms with Crippen molar-refractivity contribution >= 4 is 5.91 Å². The molecule has 2 heterocycles. The van der Waals surface area contributed by atoms with Gasteiger partial charge in [-0.1, -0.05) is 24.6 Å². The van der Waals surface area contributed by atoms with E-state index in [9.17, 15) is 9.18 Å². The molecule has 0 radical (unpaired) electrons. The average molecular weight is 262 g/mol. The summed E-state index contributed by atoms with van der Waals surface area (Å²) >= 11 is 0. The van der Waals surface area contributed by atoms with Crippen molar-refractivity contribution in [2.75, 3.05) is 19.6 Å². The first kappa shape index (κ1) is 12.6. The maximum atomic E-state index is 14.0. The molecule has 0 aromatic heterocycles. The van der Waals surface area contributed by atoms with E-state index < -0.39 is 5.41 Å². The molecule has 1 amide bonds. The molecule has 4 heteroatoms. The third kappa shape index (κ3) is 1.94. The summed E-state index contributed by atoms with van der Waals surface area (Å²) in [5.41, 5.74) is -0.226. The molecule has 0 aliphatic carbocycles. The van der Waals surface area contributed by atoms with Gasteiger partial charge < -0.3 is 0 Å². The van der Waals surface area contributed by atoms with Crippen LogP contribution >= 0.6 is 0 Å². The van der Waals surface area contributed by atoms with E-state index in [1.54, 1.807) is 18.2 Å². The SMILES string of the molecule is CC1(c2ccccc2F)CN2CCCCCN2C1=O. The van der Waals surface area contributed by atoms with Crippen molar-refractivity contribution in [3.8, 4) is 0 Å². The quantitative estimate of drug-likeness (QED) is 0.775. The van der Waals surface area contributed by atoms with E-state index in [0.717, 1.165) is 32.4 Å². The van der Waals surface area contributed by atoms with Crippen molar-refractivity contribution < 1.29 is 9.18 Å². The third-order valence-electron chi connectivity index (χ3n) is 4.30. The number of hydrogen-bond acceptors (Lipinski definition) is 2. The van der Waals surface area contributed by atoms with Crippen LogP contribution in [0.2, 0.25) is 0 Å². The van der Waals surface area contributed by atoms with E-state index in [2.05, 4.69) is 5.01 Å². The Bertz CT molecular complexity index is 505. The summed E-state index contributed by atoms with van der Waals surface area (Å²) in [5, 5.41) is 3.93. The standard InChI is InChI=1S/C15H19FN2O/c1-15(12-7-3-4-8-13(12)16)11-17-9-5-2-6-10-18(17)14(15)19/h3-4,7-8H,2,5-6,9-11H2,1H3. The molecule has 2 saturated heterocycles. The lowest BCUT2D eigenvalue weighted by Crippen LogP contribution is -2.40. The van der Waals surface area contributed by atoms with E-state index in [0.29, 0.717) is 12.1 Å².